The highest BCUT2D eigenvalue weighted by molar-refractivity contribution is 8.00. The van der Waals surface area contributed by atoms with Crippen LogP contribution in [0.15, 0.2) is 0 Å². The van der Waals surface area contributed by atoms with E-state index in [0.29, 0.717) is 0 Å². The Hall–Kier alpha value is -1.28. The third-order valence-electron chi connectivity index (χ3n) is 5.13. The number of carbonyl (C=O) groups excluding carboxylic acids is 3. The van der Waals surface area contributed by atoms with Crippen molar-refractivity contribution in [3.05, 3.63) is 0 Å². The highest BCUT2D eigenvalue weighted by atomic mass is 32.2. The molecule has 0 radical (unpaired) electrons. The van der Waals surface area contributed by atoms with Crippen molar-refractivity contribution < 1.29 is 23.9 Å². The van der Waals surface area contributed by atoms with Crippen LogP contribution in [-0.4, -0.2) is 58.2 Å². The molecule has 1 saturated carbocycles. The van der Waals surface area contributed by atoms with E-state index < -0.39 is 29.0 Å². The van der Waals surface area contributed by atoms with E-state index in [1.807, 2.05) is 0 Å². The maximum absolute atomic E-state index is 13.1. The Kier molecular flexibility index (Phi) is 5.27. The van der Waals surface area contributed by atoms with E-state index in [1.54, 1.807) is 20.8 Å². The number of carbonyl (C=O) groups is 3. The number of nitrogens with two attached hydrogens (primary N) is 1. The van der Waals surface area contributed by atoms with Gasteiger partial charge in [-0.1, -0.05) is 6.42 Å². The summed E-state index contributed by atoms with van der Waals surface area (Å²) in [5.74, 6) is -1.21. The molecule has 1 aliphatic carbocycles. The molecular formula is C18H28N2O5S. The minimum absolute atomic E-state index is 0.0162. The zero-order valence-electron chi connectivity index (χ0n) is 15.7. The van der Waals surface area contributed by atoms with Gasteiger partial charge in [-0.05, 0) is 46.5 Å². The number of ether oxygens (including phenoxy) is 2. The molecule has 2 aliphatic heterocycles. The Morgan fingerprint density at radius 1 is 1.19 bits per heavy atom. The van der Waals surface area contributed by atoms with Crippen molar-refractivity contribution in [2.24, 2.45) is 11.1 Å². The fourth-order valence-corrected chi connectivity index (χ4v) is 5.09. The minimum atomic E-state index is -1.48. The Morgan fingerprint density at radius 3 is 2.46 bits per heavy atom. The van der Waals surface area contributed by atoms with E-state index in [1.165, 1.54) is 16.7 Å². The summed E-state index contributed by atoms with van der Waals surface area (Å²) in [5.41, 5.74) is 3.61. The molecule has 0 bridgehead atoms. The average molecular weight is 384 g/mol. The topological polar surface area (TPSA) is 98.9 Å². The predicted octanol–water partition coefficient (Wildman–Crippen LogP) is 1.43. The molecule has 7 nitrogen and oxygen atoms in total. The summed E-state index contributed by atoms with van der Waals surface area (Å²) < 4.78 is 11.3. The predicted molar refractivity (Wildman–Crippen MR) is 97.2 cm³/mol. The van der Waals surface area contributed by atoms with Crippen molar-refractivity contribution in [3.8, 4) is 0 Å². The zero-order valence-corrected chi connectivity index (χ0v) is 16.5. The number of hydrogen-bond donors (Lipinski definition) is 1. The highest BCUT2D eigenvalue weighted by Gasteiger charge is 2.61. The van der Waals surface area contributed by atoms with Crippen LogP contribution in [-0.2, 0) is 23.9 Å². The quantitative estimate of drug-likeness (QED) is 0.446. The van der Waals surface area contributed by atoms with Gasteiger partial charge in [0, 0.05) is 12.3 Å². The number of hydrogen-bond acceptors (Lipinski definition) is 7. The monoisotopic (exact) mass is 384 g/mol. The molecule has 3 atom stereocenters. The normalized spacial score (nSPS) is 32.5. The Labute approximate surface area is 158 Å². The molecule has 26 heavy (non-hydrogen) atoms. The van der Waals surface area contributed by atoms with Gasteiger partial charge in [0.25, 0.3) is 0 Å². The molecule has 0 aromatic carbocycles. The van der Waals surface area contributed by atoms with E-state index in [-0.39, 0.29) is 29.7 Å². The second-order valence-electron chi connectivity index (χ2n) is 8.44. The van der Waals surface area contributed by atoms with Crippen LogP contribution in [0.1, 0.15) is 52.9 Å². The number of nitrogens with zero attached hydrogens (tertiary/aromatic N) is 1. The summed E-state index contributed by atoms with van der Waals surface area (Å²) in [6, 6.07) is -0.564. The van der Waals surface area contributed by atoms with Gasteiger partial charge in [0.15, 0.2) is 5.41 Å². The number of esters is 2. The number of rotatable bonds is 3. The van der Waals surface area contributed by atoms with E-state index in [2.05, 4.69) is 0 Å². The van der Waals surface area contributed by atoms with Crippen LogP contribution in [0.25, 0.3) is 0 Å². The first-order valence-electron chi connectivity index (χ1n) is 9.26. The summed E-state index contributed by atoms with van der Waals surface area (Å²) in [4.78, 5) is 39.6. The van der Waals surface area contributed by atoms with Crippen LogP contribution in [0.2, 0.25) is 0 Å². The van der Waals surface area contributed by atoms with Gasteiger partial charge in [0.1, 0.15) is 23.1 Å². The molecular weight excluding hydrogens is 356 g/mol. The molecule has 2 saturated heterocycles. The molecule has 0 aromatic heterocycles. The van der Waals surface area contributed by atoms with Gasteiger partial charge in [-0.2, -0.15) is 0 Å². The standard InChI is InChI=1S/C18H28N2O5S/c1-17(2,3)25-16(23)18(15(22)24-11-7-5-4-6-8-11)9-20-13(21)12(19)14(20)26-10-18/h11-12,14H,4-10,19H2,1-3H3/t12?,14-,18?/m1/s1. The Bertz CT molecular complexity index is 599. The van der Waals surface area contributed by atoms with Gasteiger partial charge in [-0.3, -0.25) is 14.4 Å². The van der Waals surface area contributed by atoms with Crippen LogP contribution in [0.3, 0.4) is 0 Å². The highest BCUT2D eigenvalue weighted by Crippen LogP contribution is 2.43. The van der Waals surface area contributed by atoms with E-state index >= 15 is 0 Å². The number of thioether (sulfide) groups is 1. The number of fused-ring (bicyclic) bond motifs is 1. The fraction of sp³-hybridized carbons (Fsp3) is 0.833. The summed E-state index contributed by atoms with van der Waals surface area (Å²) in [6.45, 7) is 5.26. The first-order valence-corrected chi connectivity index (χ1v) is 10.3. The lowest BCUT2D eigenvalue weighted by atomic mass is 9.86. The van der Waals surface area contributed by atoms with Crippen molar-refractivity contribution in [1.82, 2.24) is 4.90 Å². The molecule has 3 aliphatic rings. The van der Waals surface area contributed by atoms with Gasteiger partial charge in [-0.25, -0.2) is 0 Å². The zero-order chi connectivity index (χ0) is 19.1. The van der Waals surface area contributed by atoms with E-state index in [0.717, 1.165) is 32.1 Å². The second-order valence-corrected chi connectivity index (χ2v) is 9.55. The third kappa shape index (κ3) is 3.58. The van der Waals surface area contributed by atoms with Gasteiger partial charge in [0.05, 0.1) is 0 Å². The van der Waals surface area contributed by atoms with Crippen molar-refractivity contribution in [2.45, 2.75) is 76.0 Å². The molecule has 2 heterocycles. The molecule has 3 rings (SSSR count). The van der Waals surface area contributed by atoms with E-state index in [9.17, 15) is 14.4 Å². The van der Waals surface area contributed by atoms with Crippen LogP contribution < -0.4 is 5.73 Å². The van der Waals surface area contributed by atoms with Crippen LogP contribution in [0.5, 0.6) is 0 Å². The lowest BCUT2D eigenvalue weighted by Gasteiger charge is -2.52. The Balaban J connectivity index is 1.80. The summed E-state index contributed by atoms with van der Waals surface area (Å²) in [6.07, 6.45) is 4.66. The number of β-lactam (4-membered cyclic amide) rings is 1. The maximum Gasteiger partial charge on any atom is 0.326 e. The largest absolute Gasteiger partial charge is 0.461 e. The molecule has 3 fully saturated rings. The second kappa shape index (κ2) is 7.03. The van der Waals surface area contributed by atoms with Crippen LogP contribution >= 0.6 is 11.8 Å². The average Bonchev–Trinajstić information content (AvgIpc) is 2.59. The maximum atomic E-state index is 13.1. The SMILES string of the molecule is CC(C)(C)OC(=O)C1(C(=O)OC2CCCCC2)CS[C@@H]2C(N)C(=O)N2C1. The van der Waals surface area contributed by atoms with Gasteiger partial charge >= 0.3 is 11.9 Å². The summed E-state index contributed by atoms with van der Waals surface area (Å²) in [5, 5.41) is -0.180. The smallest absolute Gasteiger partial charge is 0.326 e. The minimum Gasteiger partial charge on any atom is -0.461 e. The van der Waals surface area contributed by atoms with Gasteiger partial charge in [-0.15, -0.1) is 11.8 Å². The molecule has 2 N–H and O–H groups in total. The molecule has 1 amide bonds. The van der Waals surface area contributed by atoms with Crippen molar-refractivity contribution in [1.29, 1.82) is 0 Å². The van der Waals surface area contributed by atoms with Crippen molar-refractivity contribution in [3.63, 3.8) is 0 Å². The summed E-state index contributed by atoms with van der Waals surface area (Å²) in [7, 11) is 0. The molecule has 8 heteroatoms. The number of amides is 1. The first-order chi connectivity index (χ1) is 12.1. The molecule has 0 aromatic rings. The lowest BCUT2D eigenvalue weighted by Crippen LogP contribution is -2.73. The third-order valence-corrected chi connectivity index (χ3v) is 6.68. The van der Waals surface area contributed by atoms with Crippen LogP contribution in [0.4, 0.5) is 0 Å². The first kappa shape index (κ1) is 19.5. The van der Waals surface area contributed by atoms with Crippen molar-refractivity contribution in [2.75, 3.05) is 12.3 Å². The fourth-order valence-electron chi connectivity index (χ4n) is 3.63. The molecule has 2 unspecified atom stereocenters. The van der Waals surface area contributed by atoms with Crippen LogP contribution in [0, 0.1) is 5.41 Å². The van der Waals surface area contributed by atoms with E-state index in [4.69, 9.17) is 15.2 Å². The molecule has 146 valence electrons. The molecule has 0 spiro atoms. The van der Waals surface area contributed by atoms with Gasteiger partial charge < -0.3 is 20.1 Å². The van der Waals surface area contributed by atoms with Gasteiger partial charge in [0.2, 0.25) is 5.91 Å². The van der Waals surface area contributed by atoms with Crippen molar-refractivity contribution >= 4 is 29.6 Å². The lowest BCUT2D eigenvalue weighted by molar-refractivity contribution is -0.185. The Morgan fingerprint density at radius 2 is 1.85 bits per heavy atom. The summed E-state index contributed by atoms with van der Waals surface area (Å²) >= 11 is 1.35.